The minimum Gasteiger partial charge on any atom is -0.497 e. The second-order valence-electron chi connectivity index (χ2n) is 5.56. The summed E-state index contributed by atoms with van der Waals surface area (Å²) in [6, 6.07) is 8.91. The Morgan fingerprint density at radius 3 is 3.00 bits per heavy atom. The average molecular weight is 270 g/mol. The lowest BCUT2D eigenvalue weighted by atomic mass is 10.1. The molecule has 1 fully saturated rings. The number of fused-ring (bicyclic) bond motifs is 2. The fourth-order valence-corrected chi connectivity index (χ4v) is 2.85. The van der Waals surface area contributed by atoms with E-state index in [1.54, 1.807) is 7.11 Å². The fraction of sp³-hybridized carbons (Fsp3) is 0.438. The molecule has 0 saturated heterocycles. The van der Waals surface area contributed by atoms with Crippen molar-refractivity contribution in [1.82, 2.24) is 9.88 Å². The highest BCUT2D eigenvalue weighted by Gasteiger charge is 2.31. The molecule has 0 amide bonds. The van der Waals surface area contributed by atoms with Crippen LogP contribution in [-0.4, -0.2) is 36.2 Å². The molecule has 4 heteroatoms. The first-order chi connectivity index (χ1) is 9.83. The summed E-state index contributed by atoms with van der Waals surface area (Å²) in [5.41, 5.74) is 2.15. The first kappa shape index (κ1) is 12.0. The molecule has 1 aliphatic heterocycles. The van der Waals surface area contributed by atoms with Gasteiger partial charge >= 0.3 is 0 Å². The Bertz CT molecular complexity index is 652. The predicted octanol–water partition coefficient (Wildman–Crippen LogP) is 2.60. The largest absolute Gasteiger partial charge is 0.497 e. The van der Waals surface area contributed by atoms with Crippen molar-refractivity contribution in [3.63, 3.8) is 0 Å². The monoisotopic (exact) mass is 270 g/mol. The van der Waals surface area contributed by atoms with Crippen LogP contribution in [0.15, 0.2) is 24.3 Å². The van der Waals surface area contributed by atoms with E-state index in [1.807, 2.05) is 18.2 Å². The molecule has 0 spiro atoms. The van der Waals surface area contributed by atoms with Crippen LogP contribution in [0.3, 0.4) is 0 Å². The SMILES string of the molecule is COc1ccc2nc3c(cc2c1)CN(C1CC1)CCO3. The summed E-state index contributed by atoms with van der Waals surface area (Å²) in [6.07, 6.45) is 2.65. The molecule has 0 N–H and O–H groups in total. The molecule has 0 radical (unpaired) electrons. The van der Waals surface area contributed by atoms with Crippen LogP contribution in [-0.2, 0) is 6.54 Å². The number of nitrogens with zero attached hydrogens (tertiary/aromatic N) is 2. The van der Waals surface area contributed by atoms with Crippen LogP contribution in [0, 0.1) is 0 Å². The van der Waals surface area contributed by atoms with Crippen molar-refractivity contribution >= 4 is 10.9 Å². The minimum absolute atomic E-state index is 0.734. The molecule has 4 nitrogen and oxygen atoms in total. The third-order valence-electron chi connectivity index (χ3n) is 4.12. The van der Waals surface area contributed by atoms with E-state index >= 15 is 0 Å². The molecular weight excluding hydrogens is 252 g/mol. The van der Waals surface area contributed by atoms with E-state index in [0.717, 1.165) is 48.3 Å². The molecule has 104 valence electrons. The zero-order chi connectivity index (χ0) is 13.5. The van der Waals surface area contributed by atoms with Gasteiger partial charge in [-0.2, -0.15) is 0 Å². The van der Waals surface area contributed by atoms with E-state index in [-0.39, 0.29) is 0 Å². The van der Waals surface area contributed by atoms with E-state index in [2.05, 4.69) is 16.0 Å². The highest BCUT2D eigenvalue weighted by atomic mass is 16.5. The third kappa shape index (κ3) is 2.10. The van der Waals surface area contributed by atoms with Crippen LogP contribution >= 0.6 is 0 Å². The topological polar surface area (TPSA) is 34.6 Å². The Hall–Kier alpha value is -1.81. The van der Waals surface area contributed by atoms with E-state index in [1.165, 1.54) is 18.4 Å². The van der Waals surface area contributed by atoms with Gasteiger partial charge in [-0.1, -0.05) is 0 Å². The van der Waals surface area contributed by atoms with Gasteiger partial charge in [0.15, 0.2) is 0 Å². The van der Waals surface area contributed by atoms with Gasteiger partial charge in [-0.3, -0.25) is 4.90 Å². The molecule has 2 aromatic rings. The van der Waals surface area contributed by atoms with Gasteiger partial charge in [0.2, 0.25) is 5.88 Å². The van der Waals surface area contributed by atoms with Crippen molar-refractivity contribution < 1.29 is 9.47 Å². The van der Waals surface area contributed by atoms with E-state index in [0.29, 0.717) is 0 Å². The third-order valence-corrected chi connectivity index (χ3v) is 4.12. The molecular formula is C16H18N2O2. The maximum Gasteiger partial charge on any atom is 0.218 e. The molecule has 2 aliphatic rings. The highest BCUT2D eigenvalue weighted by molar-refractivity contribution is 5.81. The van der Waals surface area contributed by atoms with Gasteiger partial charge in [-0.15, -0.1) is 0 Å². The Morgan fingerprint density at radius 2 is 2.20 bits per heavy atom. The maximum atomic E-state index is 5.84. The molecule has 0 bridgehead atoms. The molecule has 0 unspecified atom stereocenters. The first-order valence-electron chi connectivity index (χ1n) is 7.18. The molecule has 1 aromatic heterocycles. The van der Waals surface area contributed by atoms with Crippen LogP contribution in [0.5, 0.6) is 11.6 Å². The number of benzene rings is 1. The maximum absolute atomic E-state index is 5.84. The van der Waals surface area contributed by atoms with Crippen molar-refractivity contribution in [3.05, 3.63) is 29.8 Å². The molecule has 1 saturated carbocycles. The van der Waals surface area contributed by atoms with E-state index in [4.69, 9.17) is 9.47 Å². The van der Waals surface area contributed by atoms with Crippen LogP contribution in [0.25, 0.3) is 10.9 Å². The van der Waals surface area contributed by atoms with Gasteiger partial charge in [-0.25, -0.2) is 4.98 Å². The average Bonchev–Trinajstić information content (AvgIpc) is 3.30. The molecule has 4 rings (SSSR count). The second kappa shape index (κ2) is 4.63. The van der Waals surface area contributed by atoms with Gasteiger partial charge in [0.05, 0.1) is 12.6 Å². The Kier molecular flexibility index (Phi) is 2.77. The van der Waals surface area contributed by atoms with Crippen LogP contribution in [0.1, 0.15) is 18.4 Å². The van der Waals surface area contributed by atoms with Gasteiger partial charge < -0.3 is 9.47 Å². The molecule has 0 atom stereocenters. The van der Waals surface area contributed by atoms with Crippen LogP contribution in [0.2, 0.25) is 0 Å². The Morgan fingerprint density at radius 1 is 1.30 bits per heavy atom. The van der Waals surface area contributed by atoms with Crippen molar-refractivity contribution in [2.75, 3.05) is 20.3 Å². The lowest BCUT2D eigenvalue weighted by molar-refractivity contribution is 0.216. The minimum atomic E-state index is 0.734. The smallest absolute Gasteiger partial charge is 0.218 e. The summed E-state index contributed by atoms with van der Waals surface area (Å²) in [5.74, 6) is 1.67. The summed E-state index contributed by atoms with van der Waals surface area (Å²) in [5, 5.41) is 1.12. The molecule has 20 heavy (non-hydrogen) atoms. The van der Waals surface area contributed by atoms with Crippen LogP contribution < -0.4 is 9.47 Å². The molecule has 1 aromatic carbocycles. The number of methoxy groups -OCH3 is 1. The zero-order valence-electron chi connectivity index (χ0n) is 11.6. The normalized spacial score (nSPS) is 19.2. The summed E-state index contributed by atoms with van der Waals surface area (Å²) in [7, 11) is 1.69. The van der Waals surface area contributed by atoms with Gasteiger partial charge in [-0.05, 0) is 37.1 Å². The second-order valence-corrected chi connectivity index (χ2v) is 5.56. The standard InChI is InChI=1S/C16H18N2O2/c1-19-14-4-5-15-11(9-14)8-12-10-18(13-2-3-13)6-7-20-16(12)17-15/h4-5,8-9,13H,2-3,6-7,10H2,1H3. The highest BCUT2D eigenvalue weighted by Crippen LogP contribution is 2.33. The van der Waals surface area contributed by atoms with Crippen molar-refractivity contribution in [2.45, 2.75) is 25.4 Å². The van der Waals surface area contributed by atoms with Crippen LogP contribution in [0.4, 0.5) is 0 Å². The fourth-order valence-electron chi connectivity index (χ4n) is 2.85. The van der Waals surface area contributed by atoms with E-state index in [9.17, 15) is 0 Å². The van der Waals surface area contributed by atoms with E-state index < -0.39 is 0 Å². The summed E-state index contributed by atoms with van der Waals surface area (Å²) in [4.78, 5) is 7.17. The number of hydrogen-bond donors (Lipinski definition) is 0. The Labute approximate surface area is 118 Å². The number of hydrogen-bond acceptors (Lipinski definition) is 4. The molecule has 1 aliphatic carbocycles. The van der Waals surface area contributed by atoms with Gasteiger partial charge in [0.25, 0.3) is 0 Å². The quantitative estimate of drug-likeness (QED) is 0.840. The number of ether oxygens (including phenoxy) is 2. The lowest BCUT2D eigenvalue weighted by Gasteiger charge is -2.18. The molecule has 2 heterocycles. The summed E-state index contributed by atoms with van der Waals surface area (Å²) in [6.45, 7) is 2.68. The Balaban J connectivity index is 1.77. The summed E-state index contributed by atoms with van der Waals surface area (Å²) >= 11 is 0. The number of pyridine rings is 1. The predicted molar refractivity (Wildman–Crippen MR) is 77.2 cm³/mol. The van der Waals surface area contributed by atoms with Gasteiger partial charge in [0, 0.05) is 30.1 Å². The van der Waals surface area contributed by atoms with Crippen molar-refractivity contribution in [1.29, 1.82) is 0 Å². The lowest BCUT2D eigenvalue weighted by Crippen LogP contribution is -2.27. The number of rotatable bonds is 2. The van der Waals surface area contributed by atoms with Gasteiger partial charge in [0.1, 0.15) is 12.4 Å². The van der Waals surface area contributed by atoms with Crippen molar-refractivity contribution in [2.24, 2.45) is 0 Å². The zero-order valence-corrected chi connectivity index (χ0v) is 11.6. The number of aromatic nitrogens is 1. The van der Waals surface area contributed by atoms with Crippen molar-refractivity contribution in [3.8, 4) is 11.6 Å². The first-order valence-corrected chi connectivity index (χ1v) is 7.18. The summed E-state index contributed by atoms with van der Waals surface area (Å²) < 4.78 is 11.1.